The van der Waals surface area contributed by atoms with Crippen LogP contribution in [0.25, 0.3) is 10.9 Å². The number of aromatic nitrogens is 1. The summed E-state index contributed by atoms with van der Waals surface area (Å²) in [5.74, 6) is -0.264. The third-order valence-electron chi connectivity index (χ3n) is 3.59. The minimum Gasteiger partial charge on any atom is -0.320 e. The van der Waals surface area contributed by atoms with Crippen molar-refractivity contribution in [3.8, 4) is 0 Å². The Bertz CT molecular complexity index is 763. The van der Waals surface area contributed by atoms with Gasteiger partial charge in [0.2, 0.25) is 0 Å². The first kappa shape index (κ1) is 12.8. The Kier molecular flexibility index (Phi) is 3.20. The summed E-state index contributed by atoms with van der Waals surface area (Å²) in [5.41, 5.74) is 10.0. The number of nitrogens with zero attached hydrogens (tertiary/aromatic N) is 1. The van der Waals surface area contributed by atoms with E-state index in [9.17, 15) is 4.39 Å². The molecule has 0 aliphatic rings. The number of fused-ring (bicyclic) bond motifs is 1. The van der Waals surface area contributed by atoms with Crippen molar-refractivity contribution in [3.63, 3.8) is 0 Å². The van der Waals surface area contributed by atoms with Crippen molar-refractivity contribution < 1.29 is 4.39 Å². The van der Waals surface area contributed by atoms with E-state index in [0.29, 0.717) is 0 Å². The van der Waals surface area contributed by atoms with Gasteiger partial charge in [-0.25, -0.2) is 4.39 Å². The van der Waals surface area contributed by atoms with Crippen molar-refractivity contribution in [1.29, 1.82) is 0 Å². The fourth-order valence-corrected chi connectivity index (χ4v) is 2.51. The van der Waals surface area contributed by atoms with Gasteiger partial charge < -0.3 is 5.73 Å². The van der Waals surface area contributed by atoms with Crippen LogP contribution in [0.5, 0.6) is 0 Å². The fraction of sp³-hybridized carbons (Fsp3) is 0.118. The molecule has 0 saturated heterocycles. The second-order valence-corrected chi connectivity index (χ2v) is 4.90. The van der Waals surface area contributed by atoms with Crippen LogP contribution in [0.2, 0.25) is 0 Å². The Morgan fingerprint density at radius 3 is 2.75 bits per heavy atom. The van der Waals surface area contributed by atoms with Crippen molar-refractivity contribution in [1.82, 2.24) is 4.98 Å². The molecule has 20 heavy (non-hydrogen) atoms. The van der Waals surface area contributed by atoms with Crippen LogP contribution >= 0.6 is 0 Å². The van der Waals surface area contributed by atoms with E-state index < -0.39 is 0 Å². The van der Waals surface area contributed by atoms with Gasteiger partial charge in [-0.1, -0.05) is 24.3 Å². The number of hydrogen-bond donors (Lipinski definition) is 1. The zero-order valence-corrected chi connectivity index (χ0v) is 11.2. The zero-order valence-electron chi connectivity index (χ0n) is 11.2. The predicted octanol–water partition coefficient (Wildman–Crippen LogP) is 3.73. The van der Waals surface area contributed by atoms with E-state index in [1.54, 1.807) is 12.3 Å². The molecule has 2 nitrogen and oxygen atoms in total. The molecule has 1 aromatic heterocycles. The van der Waals surface area contributed by atoms with E-state index in [0.717, 1.165) is 27.6 Å². The van der Waals surface area contributed by atoms with Gasteiger partial charge in [0.15, 0.2) is 0 Å². The highest BCUT2D eigenvalue weighted by Crippen LogP contribution is 2.28. The molecule has 100 valence electrons. The molecule has 0 amide bonds. The number of benzene rings is 2. The number of rotatable bonds is 2. The van der Waals surface area contributed by atoms with Crippen molar-refractivity contribution in [2.24, 2.45) is 5.73 Å². The van der Waals surface area contributed by atoms with Crippen LogP contribution in [0.4, 0.5) is 4.39 Å². The molecule has 0 saturated carbocycles. The molecule has 2 aromatic carbocycles. The molecule has 1 heterocycles. The SMILES string of the molecule is Cc1ccc(F)cc1C(N)c1cccc2ncccc12. The average molecular weight is 266 g/mol. The molecule has 0 fully saturated rings. The summed E-state index contributed by atoms with van der Waals surface area (Å²) in [5, 5.41) is 1.01. The minimum absolute atomic E-state index is 0.264. The molecule has 3 rings (SSSR count). The molecule has 0 bridgehead atoms. The highest BCUT2D eigenvalue weighted by molar-refractivity contribution is 5.83. The molecule has 0 aliphatic carbocycles. The van der Waals surface area contributed by atoms with Crippen molar-refractivity contribution in [2.45, 2.75) is 13.0 Å². The molecule has 3 heteroatoms. The minimum atomic E-state index is -0.362. The first-order valence-corrected chi connectivity index (χ1v) is 6.52. The lowest BCUT2D eigenvalue weighted by Gasteiger charge is -2.17. The molecule has 1 unspecified atom stereocenters. The van der Waals surface area contributed by atoms with Crippen LogP contribution in [-0.4, -0.2) is 4.98 Å². The number of pyridine rings is 1. The smallest absolute Gasteiger partial charge is 0.123 e. The predicted molar refractivity (Wildman–Crippen MR) is 78.9 cm³/mol. The summed E-state index contributed by atoms with van der Waals surface area (Å²) in [6, 6.07) is 14.1. The van der Waals surface area contributed by atoms with Gasteiger partial charge in [-0.05, 0) is 47.9 Å². The van der Waals surface area contributed by atoms with E-state index in [1.165, 1.54) is 12.1 Å². The number of aryl methyl sites for hydroxylation is 1. The quantitative estimate of drug-likeness (QED) is 0.767. The summed E-state index contributed by atoms with van der Waals surface area (Å²) in [6.07, 6.45) is 1.76. The van der Waals surface area contributed by atoms with Crippen LogP contribution < -0.4 is 5.73 Å². The summed E-state index contributed by atoms with van der Waals surface area (Å²) in [4.78, 5) is 4.33. The van der Waals surface area contributed by atoms with Crippen LogP contribution in [-0.2, 0) is 0 Å². The van der Waals surface area contributed by atoms with Crippen molar-refractivity contribution in [2.75, 3.05) is 0 Å². The van der Waals surface area contributed by atoms with Gasteiger partial charge in [0, 0.05) is 11.6 Å². The van der Waals surface area contributed by atoms with Gasteiger partial charge in [0.1, 0.15) is 5.82 Å². The van der Waals surface area contributed by atoms with E-state index in [4.69, 9.17) is 5.73 Å². The standard InChI is InChI=1S/C17H15FN2/c1-11-7-8-12(18)10-15(11)17(19)14-4-2-6-16-13(14)5-3-9-20-16/h2-10,17H,19H2,1H3. The number of halogens is 1. The van der Waals surface area contributed by atoms with Crippen molar-refractivity contribution >= 4 is 10.9 Å². The number of nitrogens with two attached hydrogens (primary N) is 1. The van der Waals surface area contributed by atoms with Gasteiger partial charge in [0.25, 0.3) is 0 Å². The third-order valence-corrected chi connectivity index (χ3v) is 3.59. The van der Waals surface area contributed by atoms with Crippen molar-refractivity contribution in [3.05, 3.63) is 77.2 Å². The summed E-state index contributed by atoms with van der Waals surface area (Å²) in [7, 11) is 0. The lowest BCUT2D eigenvalue weighted by Crippen LogP contribution is -2.14. The lowest BCUT2D eigenvalue weighted by molar-refractivity contribution is 0.623. The molecule has 0 spiro atoms. The van der Waals surface area contributed by atoms with E-state index in [2.05, 4.69) is 4.98 Å². The zero-order chi connectivity index (χ0) is 14.1. The van der Waals surface area contributed by atoms with Crippen LogP contribution in [0, 0.1) is 12.7 Å². The Morgan fingerprint density at radius 1 is 1.05 bits per heavy atom. The lowest BCUT2D eigenvalue weighted by atomic mass is 9.93. The van der Waals surface area contributed by atoms with E-state index >= 15 is 0 Å². The van der Waals surface area contributed by atoms with E-state index in [1.807, 2.05) is 37.3 Å². The van der Waals surface area contributed by atoms with Crippen LogP contribution in [0.1, 0.15) is 22.7 Å². The van der Waals surface area contributed by atoms with Crippen LogP contribution in [0.3, 0.4) is 0 Å². The monoisotopic (exact) mass is 266 g/mol. The molecule has 0 radical (unpaired) electrons. The molecule has 1 atom stereocenters. The first-order chi connectivity index (χ1) is 9.66. The highest BCUT2D eigenvalue weighted by Gasteiger charge is 2.15. The summed E-state index contributed by atoms with van der Waals surface area (Å²) in [6.45, 7) is 1.94. The van der Waals surface area contributed by atoms with Gasteiger partial charge >= 0.3 is 0 Å². The maximum atomic E-state index is 13.5. The number of hydrogen-bond acceptors (Lipinski definition) is 2. The highest BCUT2D eigenvalue weighted by atomic mass is 19.1. The Hall–Kier alpha value is -2.26. The average Bonchev–Trinajstić information content (AvgIpc) is 2.48. The molecule has 2 N–H and O–H groups in total. The Labute approximate surface area is 117 Å². The first-order valence-electron chi connectivity index (χ1n) is 6.52. The van der Waals surface area contributed by atoms with Gasteiger partial charge in [-0.2, -0.15) is 0 Å². The molecule has 3 aromatic rings. The third kappa shape index (κ3) is 2.17. The van der Waals surface area contributed by atoms with Gasteiger partial charge in [-0.15, -0.1) is 0 Å². The van der Waals surface area contributed by atoms with Gasteiger partial charge in [0.05, 0.1) is 11.6 Å². The molecular weight excluding hydrogens is 251 g/mol. The normalized spacial score (nSPS) is 12.6. The van der Waals surface area contributed by atoms with E-state index in [-0.39, 0.29) is 11.9 Å². The Balaban J connectivity index is 2.17. The second-order valence-electron chi connectivity index (χ2n) is 4.90. The summed E-state index contributed by atoms with van der Waals surface area (Å²) >= 11 is 0. The maximum absolute atomic E-state index is 13.5. The topological polar surface area (TPSA) is 38.9 Å². The fourth-order valence-electron chi connectivity index (χ4n) is 2.51. The maximum Gasteiger partial charge on any atom is 0.123 e. The van der Waals surface area contributed by atoms with Gasteiger partial charge in [-0.3, -0.25) is 4.98 Å². The molecular formula is C17H15FN2. The molecule has 0 aliphatic heterocycles. The Morgan fingerprint density at radius 2 is 1.90 bits per heavy atom. The van der Waals surface area contributed by atoms with Crippen LogP contribution in [0.15, 0.2) is 54.7 Å². The largest absolute Gasteiger partial charge is 0.320 e. The second kappa shape index (κ2) is 5.02. The summed E-state index contributed by atoms with van der Waals surface area (Å²) < 4.78 is 13.5.